The molecule has 0 spiro atoms. The molecule has 154 valence electrons. The van der Waals surface area contributed by atoms with Gasteiger partial charge in [0.15, 0.2) is 0 Å². The number of rotatable bonds is 9. The molecule has 0 saturated heterocycles. The molecule has 30 heavy (non-hydrogen) atoms. The van der Waals surface area contributed by atoms with Crippen molar-refractivity contribution in [3.63, 3.8) is 0 Å². The third-order valence-corrected chi connectivity index (χ3v) is 4.00. The summed E-state index contributed by atoms with van der Waals surface area (Å²) in [5, 5.41) is 4.01. The van der Waals surface area contributed by atoms with Crippen LogP contribution < -0.4 is 24.4 Å². The number of ether oxygens (including phenoxy) is 4. The maximum absolute atomic E-state index is 12.7. The third kappa shape index (κ3) is 5.75. The van der Waals surface area contributed by atoms with Gasteiger partial charge in [-0.1, -0.05) is 36.4 Å². The van der Waals surface area contributed by atoms with Crippen LogP contribution in [0, 0.1) is 0 Å². The fourth-order valence-electron chi connectivity index (χ4n) is 2.53. The maximum Gasteiger partial charge on any atom is 0.323 e. The van der Waals surface area contributed by atoms with E-state index in [2.05, 4.69) is 10.5 Å². The van der Waals surface area contributed by atoms with Crippen LogP contribution in [0.1, 0.15) is 5.56 Å². The molecule has 3 aromatic rings. The smallest absolute Gasteiger partial charge is 0.323 e. The minimum Gasteiger partial charge on any atom is -0.497 e. The molecule has 0 bridgehead atoms. The topological polar surface area (TPSA) is 78.4 Å². The van der Waals surface area contributed by atoms with Gasteiger partial charge in [-0.3, -0.25) is 4.79 Å². The Bertz CT molecular complexity index is 936. The minimum atomic E-state index is -1.24. The first-order chi connectivity index (χ1) is 14.7. The van der Waals surface area contributed by atoms with E-state index in [0.717, 1.165) is 0 Å². The normalized spacial score (nSPS) is 10.6. The van der Waals surface area contributed by atoms with Crippen molar-refractivity contribution in [2.75, 3.05) is 14.2 Å². The van der Waals surface area contributed by atoms with Gasteiger partial charge in [0.25, 0.3) is 0 Å². The first kappa shape index (κ1) is 20.7. The molecule has 3 aromatic carbocycles. The highest BCUT2D eigenvalue weighted by Crippen LogP contribution is 2.22. The molecule has 0 saturated carbocycles. The molecule has 0 radical (unpaired) electrons. The van der Waals surface area contributed by atoms with E-state index in [4.69, 9.17) is 18.9 Å². The Hall–Kier alpha value is -4.00. The lowest BCUT2D eigenvalue weighted by Gasteiger charge is -2.18. The van der Waals surface area contributed by atoms with Gasteiger partial charge in [0.2, 0.25) is 0 Å². The first-order valence-electron chi connectivity index (χ1n) is 9.18. The van der Waals surface area contributed by atoms with E-state index in [1.807, 2.05) is 12.1 Å². The maximum atomic E-state index is 12.7. The number of amides is 1. The highest BCUT2D eigenvalue weighted by atomic mass is 16.7. The van der Waals surface area contributed by atoms with Gasteiger partial charge < -0.3 is 18.9 Å². The average molecular weight is 406 g/mol. The molecule has 3 rings (SSSR count). The Kier molecular flexibility index (Phi) is 7.27. The number of carbonyl (C=O) groups is 1. The van der Waals surface area contributed by atoms with Gasteiger partial charge in [-0.2, -0.15) is 5.10 Å². The van der Waals surface area contributed by atoms with E-state index in [0.29, 0.717) is 28.6 Å². The van der Waals surface area contributed by atoms with Crippen molar-refractivity contribution in [2.24, 2.45) is 5.10 Å². The molecule has 0 unspecified atom stereocenters. The predicted molar refractivity (Wildman–Crippen MR) is 113 cm³/mol. The van der Waals surface area contributed by atoms with Crippen LogP contribution in [-0.4, -0.2) is 32.6 Å². The molecule has 0 aliphatic carbocycles. The van der Waals surface area contributed by atoms with Crippen molar-refractivity contribution in [2.45, 2.75) is 6.29 Å². The fraction of sp³-hybridized carbons (Fsp3) is 0.130. The molecular formula is C23H22N2O5. The first-order valence-corrected chi connectivity index (χ1v) is 9.18. The van der Waals surface area contributed by atoms with Crippen molar-refractivity contribution in [1.29, 1.82) is 0 Å². The number of hydrogen-bond donors (Lipinski definition) is 1. The lowest BCUT2D eigenvalue weighted by Crippen LogP contribution is -2.40. The van der Waals surface area contributed by atoms with Crippen molar-refractivity contribution >= 4 is 12.1 Å². The van der Waals surface area contributed by atoms with E-state index in [1.165, 1.54) is 6.21 Å². The van der Waals surface area contributed by atoms with Gasteiger partial charge >= 0.3 is 12.2 Å². The number of para-hydroxylation sites is 2. The molecule has 0 aromatic heterocycles. The van der Waals surface area contributed by atoms with Crippen molar-refractivity contribution < 1.29 is 23.7 Å². The molecular weight excluding hydrogens is 384 g/mol. The summed E-state index contributed by atoms with van der Waals surface area (Å²) in [6, 6.07) is 23.1. The third-order valence-electron chi connectivity index (χ3n) is 4.00. The van der Waals surface area contributed by atoms with E-state index in [1.54, 1.807) is 80.9 Å². The summed E-state index contributed by atoms with van der Waals surface area (Å²) in [4.78, 5) is 12.7. The Morgan fingerprint density at radius 3 is 1.97 bits per heavy atom. The Morgan fingerprint density at radius 2 is 1.43 bits per heavy atom. The largest absolute Gasteiger partial charge is 0.497 e. The summed E-state index contributed by atoms with van der Waals surface area (Å²) >= 11 is 0. The van der Waals surface area contributed by atoms with Crippen molar-refractivity contribution in [3.8, 4) is 23.0 Å². The van der Waals surface area contributed by atoms with E-state index < -0.39 is 12.2 Å². The number of methoxy groups -OCH3 is 2. The number of carbonyl (C=O) groups excluding carboxylic acids is 1. The van der Waals surface area contributed by atoms with Crippen LogP contribution in [-0.2, 0) is 4.79 Å². The van der Waals surface area contributed by atoms with E-state index in [9.17, 15) is 4.79 Å². The zero-order valence-corrected chi connectivity index (χ0v) is 16.6. The van der Waals surface area contributed by atoms with E-state index in [-0.39, 0.29) is 0 Å². The lowest BCUT2D eigenvalue weighted by molar-refractivity contribution is -0.140. The number of hydrazone groups is 1. The van der Waals surface area contributed by atoms with Gasteiger partial charge in [0.1, 0.15) is 23.0 Å². The molecule has 1 N–H and O–H groups in total. The van der Waals surface area contributed by atoms with Crippen LogP contribution in [0.5, 0.6) is 23.0 Å². The molecule has 0 heterocycles. The number of nitrogens with one attached hydrogen (secondary N) is 1. The summed E-state index contributed by atoms with van der Waals surface area (Å²) in [5.74, 6) is 1.65. The summed E-state index contributed by atoms with van der Waals surface area (Å²) in [6.07, 6.45) is 0.223. The summed E-state index contributed by atoms with van der Waals surface area (Å²) < 4.78 is 21.9. The molecule has 0 aliphatic rings. The van der Waals surface area contributed by atoms with Crippen molar-refractivity contribution in [3.05, 3.63) is 84.4 Å². The van der Waals surface area contributed by atoms with Crippen LogP contribution >= 0.6 is 0 Å². The van der Waals surface area contributed by atoms with E-state index >= 15 is 0 Å². The zero-order chi connectivity index (χ0) is 21.2. The highest BCUT2D eigenvalue weighted by molar-refractivity contribution is 5.86. The highest BCUT2D eigenvalue weighted by Gasteiger charge is 2.22. The second-order valence-electron chi connectivity index (χ2n) is 6.04. The monoisotopic (exact) mass is 406 g/mol. The van der Waals surface area contributed by atoms with Crippen LogP contribution in [0.15, 0.2) is 84.0 Å². The van der Waals surface area contributed by atoms with Gasteiger partial charge in [0, 0.05) is 5.56 Å². The average Bonchev–Trinajstić information content (AvgIpc) is 2.80. The van der Waals surface area contributed by atoms with Crippen LogP contribution in [0.3, 0.4) is 0 Å². The number of benzene rings is 3. The molecule has 1 amide bonds. The van der Waals surface area contributed by atoms with Gasteiger partial charge in [-0.15, -0.1) is 0 Å². The Morgan fingerprint density at radius 1 is 0.833 bits per heavy atom. The molecule has 7 heteroatoms. The molecule has 0 fully saturated rings. The summed E-state index contributed by atoms with van der Waals surface area (Å²) in [7, 11) is 3.12. The number of nitrogens with zero attached hydrogens (tertiary/aromatic N) is 1. The fourth-order valence-corrected chi connectivity index (χ4v) is 2.53. The molecule has 0 atom stereocenters. The lowest BCUT2D eigenvalue weighted by atomic mass is 10.2. The molecule has 0 aliphatic heterocycles. The van der Waals surface area contributed by atoms with Gasteiger partial charge in [0.05, 0.1) is 20.4 Å². The Labute approximate surface area is 174 Å². The van der Waals surface area contributed by atoms with Crippen molar-refractivity contribution in [1.82, 2.24) is 5.43 Å². The van der Waals surface area contributed by atoms with Gasteiger partial charge in [-0.25, -0.2) is 5.43 Å². The second-order valence-corrected chi connectivity index (χ2v) is 6.04. The van der Waals surface area contributed by atoms with Crippen LogP contribution in [0.25, 0.3) is 0 Å². The summed E-state index contributed by atoms with van der Waals surface area (Å²) in [5.41, 5.74) is 3.09. The zero-order valence-electron chi connectivity index (χ0n) is 16.6. The SMILES string of the molecule is COc1ccc(OC)c(C=NNC(=O)C(Oc2ccccc2)Oc2ccccc2)c1. The Balaban J connectivity index is 1.73. The number of hydrogen-bond acceptors (Lipinski definition) is 6. The standard InChI is InChI=1S/C23H22N2O5/c1-27-20-13-14-21(28-2)17(15-20)16-24-25-22(26)23(29-18-9-5-3-6-10-18)30-19-11-7-4-8-12-19/h3-16,23H,1-2H3,(H,25,26). The predicted octanol–water partition coefficient (Wildman–Crippen LogP) is 3.64. The van der Waals surface area contributed by atoms with Crippen LogP contribution in [0.4, 0.5) is 0 Å². The van der Waals surface area contributed by atoms with Crippen LogP contribution in [0.2, 0.25) is 0 Å². The molecule has 7 nitrogen and oxygen atoms in total. The summed E-state index contributed by atoms with van der Waals surface area (Å²) in [6.45, 7) is 0. The quantitative estimate of drug-likeness (QED) is 0.333. The second kappa shape index (κ2) is 10.5. The minimum absolute atomic E-state index is 0.493. The van der Waals surface area contributed by atoms with Gasteiger partial charge in [-0.05, 0) is 42.5 Å².